The van der Waals surface area contributed by atoms with Crippen LogP contribution < -0.4 is 9.62 Å². The number of halogens is 3. The molecule has 1 atom stereocenters. The van der Waals surface area contributed by atoms with Crippen molar-refractivity contribution in [3.63, 3.8) is 0 Å². The van der Waals surface area contributed by atoms with Crippen LogP contribution in [0.5, 0.6) is 0 Å². The van der Waals surface area contributed by atoms with E-state index in [9.17, 15) is 18.0 Å². The maximum atomic E-state index is 13.9. The fourth-order valence-corrected chi connectivity index (χ4v) is 5.83. The van der Waals surface area contributed by atoms with Crippen molar-refractivity contribution in [3.8, 4) is 0 Å². The Labute approximate surface area is 263 Å². The lowest BCUT2D eigenvalue weighted by Gasteiger charge is -2.32. The number of hydrogen-bond donors (Lipinski definition) is 1. The lowest BCUT2D eigenvalue weighted by molar-refractivity contribution is -0.141. The van der Waals surface area contributed by atoms with Gasteiger partial charge in [-0.2, -0.15) is 0 Å². The molecule has 0 saturated carbocycles. The van der Waals surface area contributed by atoms with E-state index < -0.39 is 16.1 Å². The zero-order chi connectivity index (χ0) is 30.9. The summed E-state index contributed by atoms with van der Waals surface area (Å²) in [6.07, 6.45) is 1.68. The Morgan fingerprint density at radius 3 is 2.14 bits per heavy atom. The standard InChI is InChI=1S/C31H36Cl3N3O4S/c1-22(2)20-35-31(39)29(19-23-8-5-4-6-9-23)36(21-24-11-16-27(33)28(34)18-24)30(38)10-7-17-37(42(3,40)41)26-14-12-25(32)13-15-26/h4-6,8-9,11-16,18,22,29H,7,10,17,19-21H2,1-3H3,(H,35,39)/t29-/m1/s1. The van der Waals surface area contributed by atoms with Gasteiger partial charge in [0.05, 0.1) is 22.0 Å². The van der Waals surface area contributed by atoms with Crippen LogP contribution in [-0.2, 0) is 32.6 Å². The molecule has 0 spiro atoms. The summed E-state index contributed by atoms with van der Waals surface area (Å²) in [5.41, 5.74) is 2.07. The van der Waals surface area contributed by atoms with Gasteiger partial charge >= 0.3 is 0 Å². The summed E-state index contributed by atoms with van der Waals surface area (Å²) in [4.78, 5) is 29.0. The van der Waals surface area contributed by atoms with Gasteiger partial charge in [0, 0.05) is 37.5 Å². The molecule has 0 aliphatic rings. The SMILES string of the molecule is CC(C)CNC(=O)[C@@H](Cc1ccccc1)N(Cc1ccc(Cl)c(Cl)c1)C(=O)CCCN(c1ccc(Cl)cc1)S(C)(=O)=O. The summed E-state index contributed by atoms with van der Waals surface area (Å²) in [6.45, 7) is 4.66. The molecule has 0 heterocycles. The Hall–Kier alpha value is -2.78. The third-order valence-corrected chi connectivity index (χ3v) is 8.74. The molecular formula is C31H36Cl3N3O4S. The van der Waals surface area contributed by atoms with Gasteiger partial charge in [0.25, 0.3) is 0 Å². The van der Waals surface area contributed by atoms with E-state index in [0.29, 0.717) is 39.3 Å². The second-order valence-corrected chi connectivity index (χ2v) is 13.7. The zero-order valence-electron chi connectivity index (χ0n) is 23.9. The molecule has 226 valence electrons. The normalized spacial score (nSPS) is 12.2. The third kappa shape index (κ3) is 10.2. The van der Waals surface area contributed by atoms with Crippen molar-refractivity contribution in [2.75, 3.05) is 23.7 Å². The van der Waals surface area contributed by atoms with Gasteiger partial charge in [-0.15, -0.1) is 0 Å². The molecule has 0 radical (unpaired) electrons. The molecule has 2 amide bonds. The van der Waals surface area contributed by atoms with Crippen LogP contribution in [0.2, 0.25) is 15.1 Å². The molecule has 0 unspecified atom stereocenters. The number of benzene rings is 3. The number of hydrogen-bond acceptors (Lipinski definition) is 4. The molecule has 0 aliphatic carbocycles. The minimum atomic E-state index is -3.62. The fourth-order valence-electron chi connectivity index (χ4n) is 4.42. The number of nitrogens with one attached hydrogen (secondary N) is 1. The highest BCUT2D eigenvalue weighted by atomic mass is 35.5. The Morgan fingerprint density at radius 1 is 0.881 bits per heavy atom. The van der Waals surface area contributed by atoms with Crippen LogP contribution in [0.1, 0.15) is 37.8 Å². The molecule has 3 aromatic carbocycles. The van der Waals surface area contributed by atoms with Crippen LogP contribution in [0, 0.1) is 5.92 Å². The number of carbonyl (C=O) groups is 2. The summed E-state index contributed by atoms with van der Waals surface area (Å²) in [5, 5.41) is 4.20. The largest absolute Gasteiger partial charge is 0.354 e. The highest BCUT2D eigenvalue weighted by Gasteiger charge is 2.30. The van der Waals surface area contributed by atoms with E-state index in [0.717, 1.165) is 11.8 Å². The molecule has 0 fully saturated rings. The molecule has 3 aromatic rings. The van der Waals surface area contributed by atoms with Crippen molar-refractivity contribution in [1.29, 1.82) is 0 Å². The van der Waals surface area contributed by atoms with Gasteiger partial charge in [0.15, 0.2) is 0 Å². The first-order chi connectivity index (χ1) is 19.8. The van der Waals surface area contributed by atoms with Crippen LogP contribution in [-0.4, -0.2) is 50.5 Å². The molecular weight excluding hydrogens is 617 g/mol. The summed E-state index contributed by atoms with van der Waals surface area (Å²) < 4.78 is 26.4. The third-order valence-electron chi connectivity index (χ3n) is 6.56. The molecule has 0 bridgehead atoms. The Balaban J connectivity index is 1.90. The van der Waals surface area contributed by atoms with Gasteiger partial charge in [-0.05, 0) is 59.9 Å². The minimum absolute atomic E-state index is 0.0175. The van der Waals surface area contributed by atoms with E-state index in [1.165, 1.54) is 4.31 Å². The summed E-state index contributed by atoms with van der Waals surface area (Å²) in [5.74, 6) is -0.327. The van der Waals surface area contributed by atoms with E-state index in [-0.39, 0.29) is 43.7 Å². The minimum Gasteiger partial charge on any atom is -0.354 e. The molecule has 0 saturated heterocycles. The predicted octanol–water partition coefficient (Wildman–Crippen LogP) is 6.61. The first-order valence-electron chi connectivity index (χ1n) is 13.6. The van der Waals surface area contributed by atoms with Gasteiger partial charge in [-0.3, -0.25) is 13.9 Å². The summed E-state index contributed by atoms with van der Waals surface area (Å²) in [7, 11) is -3.62. The molecule has 42 heavy (non-hydrogen) atoms. The second kappa shape index (κ2) is 15.6. The van der Waals surface area contributed by atoms with Crippen molar-refractivity contribution in [2.45, 2.75) is 45.7 Å². The van der Waals surface area contributed by atoms with Gasteiger partial charge in [0.2, 0.25) is 21.8 Å². The van der Waals surface area contributed by atoms with E-state index in [2.05, 4.69) is 5.32 Å². The number of carbonyl (C=O) groups excluding carboxylic acids is 2. The van der Waals surface area contributed by atoms with E-state index in [1.54, 1.807) is 47.4 Å². The Kier molecular flexibility index (Phi) is 12.5. The van der Waals surface area contributed by atoms with Crippen molar-refractivity contribution in [1.82, 2.24) is 10.2 Å². The Bertz CT molecular complexity index is 1450. The van der Waals surface area contributed by atoms with E-state index in [4.69, 9.17) is 34.8 Å². The first kappa shape index (κ1) is 33.7. The van der Waals surface area contributed by atoms with E-state index >= 15 is 0 Å². The molecule has 11 heteroatoms. The van der Waals surface area contributed by atoms with Crippen molar-refractivity contribution >= 4 is 62.3 Å². The highest BCUT2D eigenvalue weighted by molar-refractivity contribution is 7.92. The number of nitrogens with zero attached hydrogens (tertiary/aromatic N) is 2. The lowest BCUT2D eigenvalue weighted by atomic mass is 10.0. The number of sulfonamides is 1. The molecule has 3 rings (SSSR count). The van der Waals surface area contributed by atoms with Gasteiger partial charge < -0.3 is 10.2 Å². The van der Waals surface area contributed by atoms with Crippen LogP contribution >= 0.6 is 34.8 Å². The topological polar surface area (TPSA) is 86.8 Å². The van der Waals surface area contributed by atoms with Crippen molar-refractivity contribution in [3.05, 3.63) is 99.0 Å². The first-order valence-corrected chi connectivity index (χ1v) is 16.6. The predicted molar refractivity (Wildman–Crippen MR) is 172 cm³/mol. The van der Waals surface area contributed by atoms with Crippen LogP contribution in [0.25, 0.3) is 0 Å². The van der Waals surface area contributed by atoms with Gasteiger partial charge in [-0.1, -0.05) is 85.0 Å². The van der Waals surface area contributed by atoms with E-state index in [1.807, 2.05) is 44.2 Å². The molecule has 0 aliphatic heterocycles. The number of amides is 2. The average Bonchev–Trinajstić information content (AvgIpc) is 2.94. The fraction of sp³-hybridized carbons (Fsp3) is 0.355. The van der Waals surface area contributed by atoms with Crippen molar-refractivity contribution in [2.24, 2.45) is 5.92 Å². The smallest absolute Gasteiger partial charge is 0.243 e. The zero-order valence-corrected chi connectivity index (χ0v) is 27.0. The van der Waals surface area contributed by atoms with Crippen LogP contribution in [0.3, 0.4) is 0 Å². The lowest BCUT2D eigenvalue weighted by Crippen LogP contribution is -2.51. The second-order valence-electron chi connectivity index (χ2n) is 10.5. The Morgan fingerprint density at radius 2 is 1.55 bits per heavy atom. The van der Waals surface area contributed by atoms with Crippen LogP contribution in [0.15, 0.2) is 72.8 Å². The van der Waals surface area contributed by atoms with Gasteiger partial charge in [-0.25, -0.2) is 8.42 Å². The molecule has 7 nitrogen and oxygen atoms in total. The molecule has 0 aromatic heterocycles. The van der Waals surface area contributed by atoms with Crippen molar-refractivity contribution < 1.29 is 18.0 Å². The maximum absolute atomic E-state index is 13.9. The maximum Gasteiger partial charge on any atom is 0.243 e. The number of anilines is 1. The quantitative estimate of drug-likeness (QED) is 0.213. The summed E-state index contributed by atoms with van der Waals surface area (Å²) in [6, 6.07) is 20.3. The monoisotopic (exact) mass is 651 g/mol. The average molecular weight is 653 g/mol. The molecule has 1 N–H and O–H groups in total. The number of rotatable bonds is 14. The highest BCUT2D eigenvalue weighted by Crippen LogP contribution is 2.25. The van der Waals surface area contributed by atoms with Crippen LogP contribution in [0.4, 0.5) is 5.69 Å². The van der Waals surface area contributed by atoms with Gasteiger partial charge in [0.1, 0.15) is 6.04 Å². The summed E-state index contributed by atoms with van der Waals surface area (Å²) >= 11 is 18.4.